The Hall–Kier alpha value is -0.610. The van der Waals surface area contributed by atoms with Crippen LogP contribution in [0.15, 0.2) is 0 Å². The summed E-state index contributed by atoms with van der Waals surface area (Å²) in [5, 5.41) is 3.20. The maximum absolute atomic E-state index is 11.9. The first-order chi connectivity index (χ1) is 6.47. The molecule has 0 aromatic heterocycles. The number of carbonyl (C=O) groups is 1. The van der Waals surface area contributed by atoms with Gasteiger partial charge in [0.15, 0.2) is 0 Å². The summed E-state index contributed by atoms with van der Waals surface area (Å²) < 4.78 is 5.16. The van der Waals surface area contributed by atoms with Crippen LogP contribution in [0.25, 0.3) is 0 Å². The SMILES string of the molecule is COC(C)CN1CCNC(C)(C)C1=O. The molecule has 4 nitrogen and oxygen atoms in total. The number of ether oxygens (including phenoxy) is 1. The maximum Gasteiger partial charge on any atom is 0.242 e. The lowest BCUT2D eigenvalue weighted by Gasteiger charge is -2.39. The number of rotatable bonds is 3. The van der Waals surface area contributed by atoms with Gasteiger partial charge in [-0.25, -0.2) is 0 Å². The highest BCUT2D eigenvalue weighted by molar-refractivity contribution is 5.86. The van der Waals surface area contributed by atoms with E-state index in [0.29, 0.717) is 6.54 Å². The number of nitrogens with one attached hydrogen (secondary N) is 1. The molecule has 1 heterocycles. The van der Waals surface area contributed by atoms with E-state index in [-0.39, 0.29) is 12.0 Å². The van der Waals surface area contributed by atoms with Gasteiger partial charge in [-0.3, -0.25) is 4.79 Å². The topological polar surface area (TPSA) is 41.6 Å². The summed E-state index contributed by atoms with van der Waals surface area (Å²) in [6.07, 6.45) is 0.104. The van der Waals surface area contributed by atoms with E-state index < -0.39 is 5.54 Å². The smallest absolute Gasteiger partial charge is 0.242 e. The summed E-state index contributed by atoms with van der Waals surface area (Å²) in [5.41, 5.74) is -0.425. The zero-order valence-electron chi connectivity index (χ0n) is 9.46. The average molecular weight is 200 g/mol. The van der Waals surface area contributed by atoms with Gasteiger partial charge in [-0.05, 0) is 20.8 Å². The molecule has 0 aromatic carbocycles. The number of piperazine rings is 1. The van der Waals surface area contributed by atoms with E-state index in [0.717, 1.165) is 13.1 Å². The molecule has 1 atom stereocenters. The van der Waals surface area contributed by atoms with Crippen LogP contribution in [0, 0.1) is 0 Å². The summed E-state index contributed by atoms with van der Waals surface area (Å²) in [7, 11) is 1.67. The van der Waals surface area contributed by atoms with Crippen LogP contribution in [-0.4, -0.2) is 49.2 Å². The predicted octanol–water partition coefficient (Wildman–Crippen LogP) is 0.232. The van der Waals surface area contributed by atoms with Crippen LogP contribution in [0.2, 0.25) is 0 Å². The van der Waals surface area contributed by atoms with Crippen molar-refractivity contribution in [3.05, 3.63) is 0 Å². The molecule has 4 heteroatoms. The fraction of sp³-hybridized carbons (Fsp3) is 0.900. The summed E-state index contributed by atoms with van der Waals surface area (Å²) in [6.45, 7) is 8.12. The molecule has 14 heavy (non-hydrogen) atoms. The van der Waals surface area contributed by atoms with Gasteiger partial charge in [0.25, 0.3) is 0 Å². The Kier molecular flexibility index (Phi) is 3.50. The Morgan fingerprint density at radius 1 is 1.64 bits per heavy atom. The van der Waals surface area contributed by atoms with Gasteiger partial charge >= 0.3 is 0 Å². The number of hydrogen-bond acceptors (Lipinski definition) is 3. The van der Waals surface area contributed by atoms with Crippen LogP contribution in [0.3, 0.4) is 0 Å². The molecular formula is C10H20N2O2. The first-order valence-corrected chi connectivity index (χ1v) is 5.04. The van der Waals surface area contributed by atoms with Crippen molar-refractivity contribution in [2.45, 2.75) is 32.4 Å². The summed E-state index contributed by atoms with van der Waals surface area (Å²) >= 11 is 0. The van der Waals surface area contributed by atoms with Gasteiger partial charge < -0.3 is 15.0 Å². The van der Waals surface area contributed by atoms with Gasteiger partial charge in [0.1, 0.15) is 0 Å². The molecule has 0 spiro atoms. The minimum atomic E-state index is -0.425. The van der Waals surface area contributed by atoms with Crippen molar-refractivity contribution in [3.8, 4) is 0 Å². The monoisotopic (exact) mass is 200 g/mol. The molecule has 1 amide bonds. The lowest BCUT2D eigenvalue weighted by molar-refractivity contribution is -0.141. The lowest BCUT2D eigenvalue weighted by atomic mass is 10.0. The Bertz CT molecular complexity index is 216. The van der Waals surface area contributed by atoms with Gasteiger partial charge in [0, 0.05) is 26.7 Å². The molecule has 1 fully saturated rings. The van der Waals surface area contributed by atoms with Crippen molar-refractivity contribution in [3.63, 3.8) is 0 Å². The molecule has 82 valence electrons. The Morgan fingerprint density at radius 2 is 2.29 bits per heavy atom. The average Bonchev–Trinajstić information content (AvgIpc) is 2.12. The number of hydrogen-bond donors (Lipinski definition) is 1. The van der Waals surface area contributed by atoms with E-state index in [1.54, 1.807) is 7.11 Å². The highest BCUT2D eigenvalue weighted by Crippen LogP contribution is 2.12. The van der Waals surface area contributed by atoms with E-state index in [9.17, 15) is 4.79 Å². The van der Waals surface area contributed by atoms with E-state index in [4.69, 9.17) is 4.74 Å². The first kappa shape index (κ1) is 11.5. The minimum absolute atomic E-state index is 0.104. The second-order valence-corrected chi connectivity index (χ2v) is 4.35. The molecule has 1 aliphatic heterocycles. The molecule has 0 radical (unpaired) electrons. The minimum Gasteiger partial charge on any atom is -0.380 e. The standard InChI is InChI=1S/C10H20N2O2/c1-8(14-4)7-12-6-5-11-10(2,3)9(12)13/h8,11H,5-7H2,1-4H3. The van der Waals surface area contributed by atoms with Gasteiger partial charge in [0.05, 0.1) is 11.6 Å². The van der Waals surface area contributed by atoms with Crippen molar-refractivity contribution in [1.29, 1.82) is 0 Å². The number of amides is 1. The van der Waals surface area contributed by atoms with Gasteiger partial charge in [-0.1, -0.05) is 0 Å². The summed E-state index contributed by atoms with van der Waals surface area (Å²) in [5.74, 6) is 0.160. The quantitative estimate of drug-likeness (QED) is 0.709. The van der Waals surface area contributed by atoms with Crippen LogP contribution < -0.4 is 5.32 Å². The molecule has 0 aromatic rings. The van der Waals surface area contributed by atoms with Gasteiger partial charge in [0.2, 0.25) is 5.91 Å². The summed E-state index contributed by atoms with van der Waals surface area (Å²) in [4.78, 5) is 13.8. The molecule has 1 aliphatic rings. The van der Waals surface area contributed by atoms with Crippen molar-refractivity contribution in [1.82, 2.24) is 10.2 Å². The highest BCUT2D eigenvalue weighted by Gasteiger charge is 2.35. The number of carbonyl (C=O) groups excluding carboxylic acids is 1. The van der Waals surface area contributed by atoms with E-state index >= 15 is 0 Å². The zero-order chi connectivity index (χ0) is 10.8. The third-order valence-electron chi connectivity index (χ3n) is 2.65. The lowest BCUT2D eigenvalue weighted by Crippen LogP contribution is -2.62. The van der Waals surface area contributed by atoms with Gasteiger partial charge in [-0.2, -0.15) is 0 Å². The van der Waals surface area contributed by atoms with Crippen molar-refractivity contribution in [2.24, 2.45) is 0 Å². The third-order valence-corrected chi connectivity index (χ3v) is 2.65. The number of nitrogens with zero attached hydrogens (tertiary/aromatic N) is 1. The van der Waals surface area contributed by atoms with Crippen LogP contribution >= 0.6 is 0 Å². The van der Waals surface area contributed by atoms with E-state index in [2.05, 4.69) is 5.32 Å². The van der Waals surface area contributed by atoms with Crippen LogP contribution in [-0.2, 0) is 9.53 Å². The normalized spacial score (nSPS) is 23.7. The number of methoxy groups -OCH3 is 1. The van der Waals surface area contributed by atoms with Crippen LogP contribution in [0.4, 0.5) is 0 Å². The molecule has 1 saturated heterocycles. The second-order valence-electron chi connectivity index (χ2n) is 4.35. The maximum atomic E-state index is 11.9. The molecule has 0 saturated carbocycles. The Labute approximate surface area is 85.6 Å². The molecule has 1 unspecified atom stereocenters. The molecule has 1 N–H and O–H groups in total. The molecule has 0 bridgehead atoms. The molecular weight excluding hydrogens is 180 g/mol. The Balaban J connectivity index is 2.57. The van der Waals surface area contributed by atoms with E-state index in [1.165, 1.54) is 0 Å². The van der Waals surface area contributed by atoms with Crippen LogP contribution in [0.1, 0.15) is 20.8 Å². The van der Waals surface area contributed by atoms with Crippen LogP contribution in [0.5, 0.6) is 0 Å². The second kappa shape index (κ2) is 4.28. The van der Waals surface area contributed by atoms with Gasteiger partial charge in [-0.15, -0.1) is 0 Å². The fourth-order valence-electron chi connectivity index (χ4n) is 1.63. The van der Waals surface area contributed by atoms with Crippen molar-refractivity contribution in [2.75, 3.05) is 26.7 Å². The summed E-state index contributed by atoms with van der Waals surface area (Å²) in [6, 6.07) is 0. The fourth-order valence-corrected chi connectivity index (χ4v) is 1.63. The highest BCUT2D eigenvalue weighted by atomic mass is 16.5. The first-order valence-electron chi connectivity index (χ1n) is 5.04. The Morgan fingerprint density at radius 3 is 2.86 bits per heavy atom. The largest absolute Gasteiger partial charge is 0.380 e. The molecule has 0 aliphatic carbocycles. The van der Waals surface area contributed by atoms with Crippen molar-refractivity contribution >= 4 is 5.91 Å². The predicted molar refractivity (Wildman–Crippen MR) is 55.1 cm³/mol. The molecule has 1 rings (SSSR count). The zero-order valence-corrected chi connectivity index (χ0v) is 9.46. The third kappa shape index (κ3) is 2.45. The van der Waals surface area contributed by atoms with Crippen molar-refractivity contribution < 1.29 is 9.53 Å². The van der Waals surface area contributed by atoms with E-state index in [1.807, 2.05) is 25.7 Å².